The van der Waals surface area contributed by atoms with E-state index >= 15 is 0 Å². The fourth-order valence-corrected chi connectivity index (χ4v) is 6.47. The number of esters is 1. The first-order valence-corrected chi connectivity index (χ1v) is 16.4. The molecule has 2 amide bonds. The number of ether oxygens (including phenoxy) is 1. The van der Waals surface area contributed by atoms with Crippen molar-refractivity contribution in [2.45, 2.75) is 90.6 Å². The standard InChI is InChI=1S/C37H46N4O4/c1-2-7-33(42)40-22-18-37(29-39,19-23-40)17-15-31-10-6-11-32(26-31)27-45-35(44)13-12-34(43)41-24-20-36(28-38,21-25-41)16-14-30-8-4-3-5-9-30/h3-6,8-11,26H,2,7,12-25,27H2,1H3. The van der Waals surface area contributed by atoms with Gasteiger partial charge in [-0.15, -0.1) is 0 Å². The molecule has 0 unspecified atom stereocenters. The number of nitrogens with zero attached hydrogens (tertiary/aromatic N) is 4. The minimum atomic E-state index is -0.426. The van der Waals surface area contributed by atoms with Gasteiger partial charge in [0.15, 0.2) is 0 Å². The number of nitriles is 2. The fourth-order valence-electron chi connectivity index (χ4n) is 6.47. The SMILES string of the molecule is CCCC(=O)N1CCC(C#N)(CCc2cccc(COC(=O)CCC(=O)N3CCC(C#N)(CCc4ccccc4)CC3)c2)CC1. The summed E-state index contributed by atoms with van der Waals surface area (Å²) in [7, 11) is 0. The molecule has 0 radical (unpaired) electrons. The van der Waals surface area contributed by atoms with Gasteiger partial charge in [-0.25, -0.2) is 0 Å². The van der Waals surface area contributed by atoms with Crippen molar-refractivity contribution >= 4 is 17.8 Å². The third-order valence-corrected chi connectivity index (χ3v) is 9.65. The highest BCUT2D eigenvalue weighted by Gasteiger charge is 2.37. The summed E-state index contributed by atoms with van der Waals surface area (Å²) in [5.74, 6) is -0.303. The molecule has 4 rings (SSSR count). The topological polar surface area (TPSA) is 114 Å². The van der Waals surface area contributed by atoms with Crippen LogP contribution in [0.4, 0.5) is 0 Å². The van der Waals surface area contributed by atoms with E-state index in [0.717, 1.165) is 43.2 Å². The van der Waals surface area contributed by atoms with E-state index in [0.29, 0.717) is 58.3 Å². The monoisotopic (exact) mass is 610 g/mol. The molecule has 2 aromatic carbocycles. The molecule has 0 atom stereocenters. The highest BCUT2D eigenvalue weighted by molar-refractivity contribution is 5.81. The number of benzene rings is 2. The molecule has 2 fully saturated rings. The zero-order valence-corrected chi connectivity index (χ0v) is 26.6. The second kappa shape index (κ2) is 16.2. The van der Waals surface area contributed by atoms with Gasteiger partial charge in [-0.2, -0.15) is 10.5 Å². The smallest absolute Gasteiger partial charge is 0.306 e. The summed E-state index contributed by atoms with van der Waals surface area (Å²) < 4.78 is 5.49. The highest BCUT2D eigenvalue weighted by Crippen LogP contribution is 2.37. The molecule has 2 saturated heterocycles. The van der Waals surface area contributed by atoms with E-state index < -0.39 is 16.8 Å². The quantitative estimate of drug-likeness (QED) is 0.252. The van der Waals surface area contributed by atoms with E-state index in [-0.39, 0.29) is 31.3 Å². The van der Waals surface area contributed by atoms with Crippen molar-refractivity contribution in [3.8, 4) is 12.1 Å². The fraction of sp³-hybridized carbons (Fsp3) is 0.541. The Kier molecular flexibility index (Phi) is 12.2. The lowest BCUT2D eigenvalue weighted by Gasteiger charge is -2.37. The lowest BCUT2D eigenvalue weighted by atomic mass is 9.75. The average Bonchev–Trinajstić information content (AvgIpc) is 3.09. The van der Waals surface area contributed by atoms with Crippen LogP contribution in [0.25, 0.3) is 0 Å². The summed E-state index contributed by atoms with van der Waals surface area (Å²) in [5.41, 5.74) is 2.33. The maximum Gasteiger partial charge on any atom is 0.306 e. The zero-order valence-electron chi connectivity index (χ0n) is 26.6. The van der Waals surface area contributed by atoms with Crippen LogP contribution in [0, 0.1) is 33.5 Å². The Hall–Kier alpha value is -4.17. The van der Waals surface area contributed by atoms with Crippen LogP contribution in [0.5, 0.6) is 0 Å². The third-order valence-electron chi connectivity index (χ3n) is 9.65. The predicted molar refractivity (Wildman–Crippen MR) is 171 cm³/mol. The summed E-state index contributed by atoms with van der Waals surface area (Å²) >= 11 is 0. The van der Waals surface area contributed by atoms with Crippen molar-refractivity contribution in [1.82, 2.24) is 9.80 Å². The van der Waals surface area contributed by atoms with Gasteiger partial charge in [0.1, 0.15) is 6.61 Å². The number of aryl methyl sites for hydroxylation is 2. The van der Waals surface area contributed by atoms with Crippen molar-refractivity contribution in [2.75, 3.05) is 26.2 Å². The first-order chi connectivity index (χ1) is 21.8. The molecule has 0 N–H and O–H groups in total. The number of piperidine rings is 2. The molecule has 2 aliphatic rings. The molecule has 0 aromatic heterocycles. The lowest BCUT2D eigenvalue weighted by Crippen LogP contribution is -2.43. The van der Waals surface area contributed by atoms with E-state index in [9.17, 15) is 24.9 Å². The first kappa shape index (κ1) is 33.7. The molecule has 0 bridgehead atoms. The van der Waals surface area contributed by atoms with E-state index in [1.807, 2.05) is 54.3 Å². The van der Waals surface area contributed by atoms with Gasteiger partial charge >= 0.3 is 5.97 Å². The lowest BCUT2D eigenvalue weighted by molar-refractivity contribution is -0.147. The molecular formula is C37H46N4O4. The van der Waals surface area contributed by atoms with Gasteiger partial charge < -0.3 is 14.5 Å². The van der Waals surface area contributed by atoms with Crippen LogP contribution in [0.15, 0.2) is 54.6 Å². The largest absolute Gasteiger partial charge is 0.461 e. The van der Waals surface area contributed by atoms with Crippen LogP contribution in [0.2, 0.25) is 0 Å². The van der Waals surface area contributed by atoms with E-state index in [1.54, 1.807) is 4.90 Å². The summed E-state index contributed by atoms with van der Waals surface area (Å²) in [4.78, 5) is 41.2. The van der Waals surface area contributed by atoms with Gasteiger partial charge in [0.05, 0.1) is 29.4 Å². The predicted octanol–water partition coefficient (Wildman–Crippen LogP) is 6.14. The van der Waals surface area contributed by atoms with Gasteiger partial charge in [0.2, 0.25) is 11.8 Å². The number of amides is 2. The molecule has 2 aliphatic heterocycles. The van der Waals surface area contributed by atoms with E-state index in [4.69, 9.17) is 4.74 Å². The number of hydrogen-bond acceptors (Lipinski definition) is 6. The zero-order chi connectivity index (χ0) is 32.1. The third kappa shape index (κ3) is 9.66. The van der Waals surface area contributed by atoms with Crippen molar-refractivity contribution < 1.29 is 19.1 Å². The molecule has 0 aliphatic carbocycles. The van der Waals surface area contributed by atoms with Crippen molar-refractivity contribution in [3.05, 3.63) is 71.3 Å². The van der Waals surface area contributed by atoms with E-state index in [1.165, 1.54) is 5.56 Å². The van der Waals surface area contributed by atoms with Gasteiger partial charge in [0, 0.05) is 39.0 Å². The molecule has 2 aromatic rings. The minimum Gasteiger partial charge on any atom is -0.461 e. The average molecular weight is 611 g/mol. The highest BCUT2D eigenvalue weighted by atomic mass is 16.5. The van der Waals surface area contributed by atoms with Gasteiger partial charge in [-0.3, -0.25) is 14.4 Å². The molecule has 0 spiro atoms. The van der Waals surface area contributed by atoms with Crippen molar-refractivity contribution in [3.63, 3.8) is 0 Å². The first-order valence-electron chi connectivity index (χ1n) is 16.4. The summed E-state index contributed by atoms with van der Waals surface area (Å²) in [6, 6.07) is 23.1. The van der Waals surface area contributed by atoms with Crippen molar-refractivity contribution in [1.29, 1.82) is 10.5 Å². The Morgan fingerprint density at radius 1 is 0.711 bits per heavy atom. The second-order valence-electron chi connectivity index (χ2n) is 12.8. The van der Waals surface area contributed by atoms with E-state index in [2.05, 4.69) is 24.3 Å². The molecular weight excluding hydrogens is 564 g/mol. The Morgan fingerprint density at radius 3 is 1.78 bits per heavy atom. The number of likely N-dealkylation sites (tertiary alicyclic amines) is 2. The van der Waals surface area contributed by atoms with Gasteiger partial charge in [-0.05, 0) is 74.5 Å². The van der Waals surface area contributed by atoms with Crippen LogP contribution in [0.3, 0.4) is 0 Å². The van der Waals surface area contributed by atoms with Crippen molar-refractivity contribution in [2.24, 2.45) is 10.8 Å². The molecule has 45 heavy (non-hydrogen) atoms. The number of carbonyl (C=O) groups is 3. The van der Waals surface area contributed by atoms with Crippen LogP contribution >= 0.6 is 0 Å². The van der Waals surface area contributed by atoms with Gasteiger partial charge in [0.25, 0.3) is 0 Å². The summed E-state index contributed by atoms with van der Waals surface area (Å²) in [5, 5.41) is 19.9. The summed E-state index contributed by atoms with van der Waals surface area (Å²) in [6.07, 6.45) is 7.29. The maximum absolute atomic E-state index is 12.8. The van der Waals surface area contributed by atoms with Crippen LogP contribution < -0.4 is 0 Å². The Bertz CT molecular complexity index is 1380. The number of rotatable bonds is 13. The maximum atomic E-state index is 12.8. The normalized spacial score (nSPS) is 17.1. The Balaban J connectivity index is 1.16. The molecule has 8 nitrogen and oxygen atoms in total. The number of carbonyl (C=O) groups excluding carboxylic acids is 3. The molecule has 2 heterocycles. The second-order valence-corrected chi connectivity index (χ2v) is 12.8. The molecule has 0 saturated carbocycles. The van der Waals surface area contributed by atoms with Crippen LogP contribution in [-0.4, -0.2) is 53.8 Å². The van der Waals surface area contributed by atoms with Gasteiger partial charge in [-0.1, -0.05) is 61.5 Å². The Labute approximate surface area is 268 Å². The van der Waals surface area contributed by atoms with Crippen LogP contribution in [-0.2, 0) is 38.6 Å². The Morgan fingerprint density at radius 2 is 1.22 bits per heavy atom. The molecule has 8 heteroatoms. The molecule has 238 valence electrons. The van der Waals surface area contributed by atoms with Crippen LogP contribution in [0.1, 0.15) is 87.8 Å². The summed E-state index contributed by atoms with van der Waals surface area (Å²) in [6.45, 7) is 4.48. The minimum absolute atomic E-state index is 0.0227. The number of hydrogen-bond donors (Lipinski definition) is 0.